The molecule has 4 atom stereocenters. The first-order valence-electron chi connectivity index (χ1n) is 13.5. The molecule has 0 saturated heterocycles. The van der Waals surface area contributed by atoms with Gasteiger partial charge in [0.25, 0.3) is 0 Å². The van der Waals surface area contributed by atoms with Crippen LogP contribution in [-0.2, 0) is 10.2 Å². The third kappa shape index (κ3) is 4.94. The Morgan fingerprint density at radius 3 is 2.59 bits per heavy atom. The van der Waals surface area contributed by atoms with Crippen LogP contribution in [0.3, 0.4) is 0 Å². The molecule has 4 heteroatoms. The first-order chi connectivity index (χ1) is 16.0. The van der Waals surface area contributed by atoms with Crippen LogP contribution in [0.5, 0.6) is 11.5 Å². The molecule has 4 rings (SSSR count). The molecular formula is C30H44O4. The lowest BCUT2D eigenvalue weighted by atomic mass is 9.65. The molecule has 1 heterocycles. The number of aliphatic hydroxyl groups is 1. The van der Waals surface area contributed by atoms with E-state index in [4.69, 9.17) is 4.74 Å². The van der Waals surface area contributed by atoms with Crippen molar-refractivity contribution < 1.29 is 19.7 Å². The summed E-state index contributed by atoms with van der Waals surface area (Å²) in [5.74, 6) is 1.64. The maximum Gasteiger partial charge on any atom is 0.158 e. The van der Waals surface area contributed by atoms with Crippen LogP contribution < -0.4 is 4.74 Å². The number of Topliss-reactive ketones (excluding diaryl/α,β-unsaturated/α-hetero) is 1. The molecule has 1 unspecified atom stereocenters. The van der Waals surface area contributed by atoms with E-state index in [1.165, 1.54) is 25.7 Å². The number of unbranched alkanes of at least 4 members (excludes halogenated alkanes) is 3. The summed E-state index contributed by atoms with van der Waals surface area (Å²) in [7, 11) is 0. The zero-order valence-corrected chi connectivity index (χ0v) is 21.8. The Morgan fingerprint density at radius 1 is 1.18 bits per heavy atom. The van der Waals surface area contributed by atoms with E-state index < -0.39 is 0 Å². The van der Waals surface area contributed by atoms with Crippen LogP contribution in [0.1, 0.15) is 116 Å². The van der Waals surface area contributed by atoms with E-state index in [2.05, 4.69) is 46.8 Å². The average Bonchev–Trinajstić information content (AvgIpc) is 2.78. The van der Waals surface area contributed by atoms with E-state index in [-0.39, 0.29) is 40.7 Å². The molecule has 4 nitrogen and oxygen atoms in total. The van der Waals surface area contributed by atoms with Crippen LogP contribution in [0.15, 0.2) is 23.8 Å². The number of carbonyl (C=O) groups is 1. The molecule has 0 bridgehead atoms. The lowest BCUT2D eigenvalue weighted by molar-refractivity contribution is -0.119. The molecule has 2 N–H and O–H groups in total. The smallest absolute Gasteiger partial charge is 0.158 e. The number of fused-ring (bicyclic) bond motifs is 3. The van der Waals surface area contributed by atoms with Gasteiger partial charge in [-0.3, -0.25) is 4.79 Å². The molecule has 1 aromatic carbocycles. The van der Waals surface area contributed by atoms with Gasteiger partial charge >= 0.3 is 0 Å². The summed E-state index contributed by atoms with van der Waals surface area (Å²) in [5.41, 5.74) is 2.45. The molecule has 1 aliphatic heterocycles. The Balaban J connectivity index is 1.58. The number of benzene rings is 1. The fourth-order valence-electron chi connectivity index (χ4n) is 6.31. The summed E-state index contributed by atoms with van der Waals surface area (Å²) in [6, 6.07) is 4.10. The Morgan fingerprint density at radius 2 is 1.94 bits per heavy atom. The van der Waals surface area contributed by atoms with Crippen molar-refractivity contribution in [2.24, 2.45) is 11.8 Å². The largest absolute Gasteiger partial charge is 0.508 e. The highest BCUT2D eigenvalue weighted by Gasteiger charge is 2.47. The first-order valence-corrected chi connectivity index (χ1v) is 13.5. The Hall–Kier alpha value is -1.81. The first kappa shape index (κ1) is 25.3. The summed E-state index contributed by atoms with van der Waals surface area (Å²) in [6.45, 7) is 11.0. The quantitative estimate of drug-likeness (QED) is 0.384. The molecule has 1 saturated carbocycles. The number of aromatic hydroxyl groups is 1. The number of rotatable bonds is 9. The molecule has 3 aliphatic rings. The fourth-order valence-corrected chi connectivity index (χ4v) is 6.31. The van der Waals surface area contributed by atoms with Crippen molar-refractivity contribution in [3.8, 4) is 11.5 Å². The van der Waals surface area contributed by atoms with Gasteiger partial charge in [0.2, 0.25) is 0 Å². The van der Waals surface area contributed by atoms with E-state index in [0.29, 0.717) is 18.6 Å². The number of phenolic OH excluding ortho intramolecular Hbond substituents is 1. The molecule has 2 aliphatic carbocycles. The highest BCUT2D eigenvalue weighted by Crippen LogP contribution is 2.55. The van der Waals surface area contributed by atoms with Crippen molar-refractivity contribution >= 4 is 5.78 Å². The van der Waals surface area contributed by atoms with Crippen molar-refractivity contribution in [3.05, 3.63) is 34.9 Å². The third-order valence-electron chi connectivity index (χ3n) is 8.92. The zero-order valence-electron chi connectivity index (χ0n) is 21.8. The number of ether oxygens (including phenoxy) is 1. The number of aliphatic hydroxyl groups excluding tert-OH is 1. The van der Waals surface area contributed by atoms with E-state index in [1.807, 2.05) is 6.07 Å². The molecule has 0 aromatic heterocycles. The van der Waals surface area contributed by atoms with Gasteiger partial charge in [-0.15, -0.1) is 0 Å². The number of ketones is 1. The number of carbonyl (C=O) groups excluding carboxylic acids is 1. The number of phenols is 1. The van der Waals surface area contributed by atoms with Gasteiger partial charge in [0, 0.05) is 23.8 Å². The van der Waals surface area contributed by atoms with Crippen LogP contribution in [0.2, 0.25) is 0 Å². The summed E-state index contributed by atoms with van der Waals surface area (Å²) in [4.78, 5) is 13.0. The predicted octanol–water partition coefficient (Wildman–Crippen LogP) is 6.96. The Kier molecular flexibility index (Phi) is 7.20. The Bertz CT molecular complexity index is 941. The molecular weight excluding hydrogens is 424 g/mol. The van der Waals surface area contributed by atoms with E-state index in [0.717, 1.165) is 48.1 Å². The molecule has 1 fully saturated rings. The zero-order chi connectivity index (χ0) is 24.7. The summed E-state index contributed by atoms with van der Waals surface area (Å²) in [6.07, 6.45) is 11.4. The normalized spacial score (nSPS) is 27.6. The van der Waals surface area contributed by atoms with Gasteiger partial charge in [-0.25, -0.2) is 0 Å². The van der Waals surface area contributed by atoms with Crippen molar-refractivity contribution in [1.82, 2.24) is 0 Å². The number of hydrogen-bond donors (Lipinski definition) is 2. The van der Waals surface area contributed by atoms with Gasteiger partial charge in [0.1, 0.15) is 17.1 Å². The number of allylic oxidation sites excluding steroid dienone is 2. The minimum Gasteiger partial charge on any atom is -0.508 e. The maximum absolute atomic E-state index is 13.0. The second-order valence-electron chi connectivity index (χ2n) is 12.2. The molecule has 188 valence electrons. The average molecular weight is 469 g/mol. The van der Waals surface area contributed by atoms with E-state index in [1.54, 1.807) is 0 Å². The lowest BCUT2D eigenvalue weighted by Crippen LogP contribution is -2.46. The summed E-state index contributed by atoms with van der Waals surface area (Å²) < 4.78 is 6.54. The van der Waals surface area contributed by atoms with Crippen molar-refractivity contribution in [2.75, 3.05) is 0 Å². The van der Waals surface area contributed by atoms with Crippen molar-refractivity contribution in [2.45, 2.75) is 122 Å². The van der Waals surface area contributed by atoms with Gasteiger partial charge in [-0.1, -0.05) is 52.5 Å². The standard InChI is InChI=1S/C30H44O4/c1-6-7-8-9-14-29(2,3)21-17-26(33)28-22-15-19(25(32)16-20-11-13-24(20)31)10-12-23(22)30(4,5)34-27(28)18-21/h10,17-18,20,22-24,31,33H,6-9,11-16H2,1-5H3/t20?,22-,23-,24-/m1/s1. The third-order valence-corrected chi connectivity index (χ3v) is 8.92. The van der Waals surface area contributed by atoms with Crippen LogP contribution in [0.25, 0.3) is 0 Å². The van der Waals surface area contributed by atoms with Gasteiger partial charge < -0.3 is 14.9 Å². The second-order valence-corrected chi connectivity index (χ2v) is 12.2. The Labute approximate surface area is 205 Å². The van der Waals surface area contributed by atoms with Crippen LogP contribution in [-0.4, -0.2) is 27.7 Å². The number of hydrogen-bond acceptors (Lipinski definition) is 4. The van der Waals surface area contributed by atoms with Crippen LogP contribution in [0.4, 0.5) is 0 Å². The summed E-state index contributed by atoms with van der Waals surface area (Å²) >= 11 is 0. The fraction of sp³-hybridized carbons (Fsp3) is 0.700. The van der Waals surface area contributed by atoms with Gasteiger partial charge in [-0.2, -0.15) is 0 Å². The predicted molar refractivity (Wildman–Crippen MR) is 137 cm³/mol. The highest BCUT2D eigenvalue weighted by atomic mass is 16.5. The van der Waals surface area contributed by atoms with Crippen molar-refractivity contribution in [1.29, 1.82) is 0 Å². The molecule has 0 radical (unpaired) electrons. The topological polar surface area (TPSA) is 66.8 Å². The van der Waals surface area contributed by atoms with Crippen LogP contribution in [0, 0.1) is 11.8 Å². The summed E-state index contributed by atoms with van der Waals surface area (Å²) in [5, 5.41) is 21.2. The van der Waals surface area contributed by atoms with Crippen molar-refractivity contribution in [3.63, 3.8) is 0 Å². The van der Waals surface area contributed by atoms with Gasteiger partial charge in [0.05, 0.1) is 6.10 Å². The van der Waals surface area contributed by atoms with E-state index in [9.17, 15) is 15.0 Å². The minimum absolute atomic E-state index is 0.0399. The maximum atomic E-state index is 13.0. The SMILES string of the molecule is CCCCCCC(C)(C)c1cc(O)c2c(c1)OC(C)(C)[C@@H]1CC=C(C(=O)CC3CC[C@H]3O)C[C@@H]21. The van der Waals surface area contributed by atoms with Gasteiger partial charge in [-0.05, 0) is 80.6 Å². The monoisotopic (exact) mass is 468 g/mol. The lowest BCUT2D eigenvalue weighted by Gasteiger charge is -2.47. The molecule has 0 amide bonds. The second kappa shape index (κ2) is 9.68. The van der Waals surface area contributed by atoms with Crippen LogP contribution >= 0.6 is 0 Å². The molecule has 34 heavy (non-hydrogen) atoms. The molecule has 0 spiro atoms. The highest BCUT2D eigenvalue weighted by molar-refractivity contribution is 5.96. The molecule has 1 aromatic rings. The van der Waals surface area contributed by atoms with Gasteiger partial charge in [0.15, 0.2) is 5.78 Å². The van der Waals surface area contributed by atoms with E-state index >= 15 is 0 Å². The minimum atomic E-state index is -0.372.